The Morgan fingerprint density at radius 2 is 1.96 bits per heavy atom. The highest BCUT2D eigenvalue weighted by atomic mass is 35.5. The molecule has 0 bridgehead atoms. The summed E-state index contributed by atoms with van der Waals surface area (Å²) < 4.78 is 5.52. The Hall–Kier alpha value is -3.30. The molecule has 3 rings (SSSR count). The zero-order chi connectivity index (χ0) is 20.3. The largest absolute Gasteiger partial charge is 0.465 e. The van der Waals surface area contributed by atoms with Crippen molar-refractivity contribution in [3.05, 3.63) is 70.4 Å². The zero-order valence-corrected chi connectivity index (χ0v) is 16.1. The van der Waals surface area contributed by atoms with Crippen LogP contribution in [0.1, 0.15) is 36.7 Å². The number of aryl methyl sites for hydroxylation is 1. The number of carbonyl (C=O) groups is 1. The fraction of sp³-hybridized carbons (Fsp3) is 0.190. The number of amides is 1. The fourth-order valence-electron chi connectivity index (χ4n) is 3.09. The van der Waals surface area contributed by atoms with Crippen LogP contribution in [0.3, 0.4) is 0 Å². The number of nitriles is 1. The number of anilines is 1. The van der Waals surface area contributed by atoms with Crippen molar-refractivity contribution in [1.29, 1.82) is 5.26 Å². The molecular weight excluding hydrogens is 378 g/mol. The molecule has 0 aliphatic heterocycles. The molecule has 0 aliphatic carbocycles. The molecule has 6 nitrogen and oxygen atoms in total. The smallest absolute Gasteiger partial charge is 0.412 e. The Morgan fingerprint density at radius 3 is 2.54 bits per heavy atom. The van der Waals surface area contributed by atoms with Gasteiger partial charge in [-0.25, -0.2) is 4.79 Å². The minimum atomic E-state index is -1.14. The van der Waals surface area contributed by atoms with E-state index in [1.54, 1.807) is 49.4 Å². The molecule has 0 saturated carbocycles. The maximum Gasteiger partial charge on any atom is 0.412 e. The normalized spacial score (nSPS) is 11.6. The van der Waals surface area contributed by atoms with Crippen molar-refractivity contribution in [3.63, 3.8) is 0 Å². The van der Waals surface area contributed by atoms with Crippen LogP contribution in [0, 0.1) is 11.3 Å². The van der Waals surface area contributed by atoms with Gasteiger partial charge in [-0.3, -0.25) is 4.90 Å². The summed E-state index contributed by atoms with van der Waals surface area (Å²) in [5.74, 6) is 0.336. The first kappa shape index (κ1) is 19.5. The van der Waals surface area contributed by atoms with E-state index in [2.05, 4.69) is 11.2 Å². The Morgan fingerprint density at radius 1 is 1.29 bits per heavy atom. The number of aromatic nitrogens is 1. The van der Waals surface area contributed by atoms with E-state index < -0.39 is 12.1 Å². The van der Waals surface area contributed by atoms with Crippen molar-refractivity contribution < 1.29 is 14.4 Å². The third kappa shape index (κ3) is 3.57. The molecule has 0 saturated heterocycles. The minimum Gasteiger partial charge on any atom is -0.465 e. The predicted molar refractivity (Wildman–Crippen MR) is 106 cm³/mol. The zero-order valence-electron chi connectivity index (χ0n) is 15.4. The highest BCUT2D eigenvalue weighted by Gasteiger charge is 2.32. The summed E-state index contributed by atoms with van der Waals surface area (Å²) >= 11 is 6.30. The van der Waals surface area contributed by atoms with Crippen LogP contribution in [0.25, 0.3) is 11.3 Å². The number of hydrogen-bond acceptors (Lipinski definition) is 4. The van der Waals surface area contributed by atoms with Gasteiger partial charge in [-0.15, -0.1) is 0 Å². The number of hydrogen-bond donors (Lipinski definition) is 1. The molecule has 0 spiro atoms. The molecule has 1 heterocycles. The molecule has 1 atom stereocenters. The lowest BCUT2D eigenvalue weighted by molar-refractivity contribution is 0.199. The van der Waals surface area contributed by atoms with E-state index in [-0.39, 0.29) is 0 Å². The molecule has 1 unspecified atom stereocenters. The Kier molecular flexibility index (Phi) is 5.67. The molecular formula is C21H18ClN3O3. The molecule has 0 fully saturated rings. The molecule has 0 radical (unpaired) electrons. The second-order valence-corrected chi connectivity index (χ2v) is 6.61. The summed E-state index contributed by atoms with van der Waals surface area (Å²) in [6.45, 7) is 3.65. The lowest BCUT2D eigenvalue weighted by Gasteiger charge is -2.27. The summed E-state index contributed by atoms with van der Waals surface area (Å²) in [5.41, 5.74) is 2.73. The van der Waals surface area contributed by atoms with Gasteiger partial charge in [0.1, 0.15) is 11.4 Å². The van der Waals surface area contributed by atoms with Crippen LogP contribution in [0.2, 0.25) is 5.02 Å². The molecule has 7 heteroatoms. The number of nitrogens with zero attached hydrogens (tertiary/aromatic N) is 3. The van der Waals surface area contributed by atoms with E-state index in [0.717, 1.165) is 0 Å². The highest BCUT2D eigenvalue weighted by molar-refractivity contribution is 6.31. The second-order valence-electron chi connectivity index (χ2n) is 6.20. The van der Waals surface area contributed by atoms with Crippen LogP contribution in [0.4, 0.5) is 10.5 Å². The third-order valence-electron chi connectivity index (χ3n) is 4.54. The van der Waals surface area contributed by atoms with Gasteiger partial charge in [-0.2, -0.15) is 5.26 Å². The molecule has 1 amide bonds. The van der Waals surface area contributed by atoms with Crippen molar-refractivity contribution in [2.45, 2.75) is 26.3 Å². The first-order chi connectivity index (χ1) is 13.5. The van der Waals surface area contributed by atoms with E-state index in [4.69, 9.17) is 21.4 Å². The lowest BCUT2D eigenvalue weighted by Crippen LogP contribution is -2.33. The molecule has 0 aliphatic rings. The quantitative estimate of drug-likeness (QED) is 0.600. The summed E-state index contributed by atoms with van der Waals surface area (Å²) in [4.78, 5) is 13.5. The van der Waals surface area contributed by atoms with Crippen molar-refractivity contribution in [1.82, 2.24) is 5.16 Å². The number of benzene rings is 2. The first-order valence-corrected chi connectivity index (χ1v) is 9.11. The third-order valence-corrected chi connectivity index (χ3v) is 4.88. The number of carboxylic acid groups (broad SMARTS) is 1. The lowest BCUT2D eigenvalue weighted by atomic mass is 10.0. The standard InChI is InChI=1S/C21H18ClN3O3/c1-3-18-19(20(28-24-18)15-10-8-14(12-23)9-11-15)25(21(26)27)13(2)16-6-4-5-7-17(16)22/h4-11,13H,3H2,1-2H3,(H,26,27). The maximum atomic E-state index is 12.2. The van der Waals surface area contributed by atoms with Crippen molar-refractivity contribution in [2.75, 3.05) is 4.90 Å². The summed E-state index contributed by atoms with van der Waals surface area (Å²) in [5, 5.41) is 23.6. The highest BCUT2D eigenvalue weighted by Crippen LogP contribution is 2.40. The first-order valence-electron chi connectivity index (χ1n) is 8.73. The maximum absolute atomic E-state index is 12.2. The van der Waals surface area contributed by atoms with E-state index in [1.807, 2.05) is 13.0 Å². The van der Waals surface area contributed by atoms with Crippen LogP contribution in [-0.4, -0.2) is 16.4 Å². The van der Waals surface area contributed by atoms with Crippen LogP contribution >= 0.6 is 11.6 Å². The molecule has 142 valence electrons. The van der Waals surface area contributed by atoms with Crippen molar-refractivity contribution in [3.8, 4) is 17.4 Å². The van der Waals surface area contributed by atoms with Crippen LogP contribution in [0.5, 0.6) is 0 Å². The summed E-state index contributed by atoms with van der Waals surface area (Å²) in [6, 6.07) is 15.3. The monoisotopic (exact) mass is 395 g/mol. The van der Waals surface area contributed by atoms with Gasteiger partial charge in [0.05, 0.1) is 17.7 Å². The Labute approximate surface area is 167 Å². The average molecular weight is 396 g/mol. The van der Waals surface area contributed by atoms with Crippen molar-refractivity contribution >= 4 is 23.4 Å². The minimum absolute atomic E-state index is 0.336. The molecule has 2 aromatic carbocycles. The van der Waals surface area contributed by atoms with E-state index >= 15 is 0 Å². The topological polar surface area (TPSA) is 90.4 Å². The number of rotatable bonds is 5. The molecule has 1 N–H and O–H groups in total. The summed E-state index contributed by atoms with van der Waals surface area (Å²) in [7, 11) is 0. The molecule has 1 aromatic heterocycles. The van der Waals surface area contributed by atoms with Crippen molar-refractivity contribution in [2.24, 2.45) is 0 Å². The van der Waals surface area contributed by atoms with Crippen LogP contribution in [-0.2, 0) is 6.42 Å². The Bertz CT molecular complexity index is 1040. The van der Waals surface area contributed by atoms with Crippen LogP contribution < -0.4 is 4.90 Å². The van der Waals surface area contributed by atoms with E-state index in [9.17, 15) is 9.90 Å². The molecule has 3 aromatic rings. The molecule has 28 heavy (non-hydrogen) atoms. The second kappa shape index (κ2) is 8.15. The SMILES string of the molecule is CCc1noc(-c2ccc(C#N)cc2)c1N(C(=O)O)C(C)c1ccccc1Cl. The predicted octanol–water partition coefficient (Wildman–Crippen LogP) is 5.67. The van der Waals surface area contributed by atoms with Gasteiger partial charge in [-0.05, 0) is 49.2 Å². The average Bonchev–Trinajstić information content (AvgIpc) is 3.11. The van der Waals surface area contributed by atoms with Crippen LogP contribution in [0.15, 0.2) is 53.1 Å². The van der Waals surface area contributed by atoms with Gasteiger partial charge in [0.15, 0.2) is 5.76 Å². The van der Waals surface area contributed by atoms with E-state index in [0.29, 0.717) is 45.3 Å². The van der Waals surface area contributed by atoms with Gasteiger partial charge in [0, 0.05) is 10.6 Å². The summed E-state index contributed by atoms with van der Waals surface area (Å²) in [6.07, 6.45) is -0.645. The van der Waals surface area contributed by atoms with Gasteiger partial charge < -0.3 is 9.63 Å². The van der Waals surface area contributed by atoms with Gasteiger partial charge in [0.25, 0.3) is 0 Å². The van der Waals surface area contributed by atoms with Gasteiger partial charge in [0.2, 0.25) is 0 Å². The van der Waals surface area contributed by atoms with E-state index in [1.165, 1.54) is 4.90 Å². The fourth-order valence-corrected chi connectivity index (χ4v) is 3.39. The number of halogens is 1. The Balaban J connectivity index is 2.15. The van der Waals surface area contributed by atoms with Gasteiger partial charge >= 0.3 is 6.09 Å². The van der Waals surface area contributed by atoms with Gasteiger partial charge in [-0.1, -0.05) is 41.9 Å².